The third kappa shape index (κ3) is 3.14. The SMILES string of the molecule is COc1ccc2c(c1)cc(-c1cccc3c1C(=O)NC3=O)n2C(=O)OC(C)(C)C. The van der Waals surface area contributed by atoms with Gasteiger partial charge in [0.15, 0.2) is 0 Å². The molecule has 1 aliphatic rings. The number of methoxy groups -OCH3 is 1. The van der Waals surface area contributed by atoms with Crippen molar-refractivity contribution in [2.75, 3.05) is 7.11 Å². The minimum absolute atomic E-state index is 0.247. The van der Waals surface area contributed by atoms with E-state index in [4.69, 9.17) is 9.47 Å². The highest BCUT2D eigenvalue weighted by Gasteiger charge is 2.32. The lowest BCUT2D eigenvalue weighted by Crippen LogP contribution is -2.27. The van der Waals surface area contributed by atoms with E-state index in [0.717, 1.165) is 5.39 Å². The first kappa shape index (κ1) is 18.7. The van der Waals surface area contributed by atoms with Gasteiger partial charge in [-0.3, -0.25) is 14.9 Å². The summed E-state index contributed by atoms with van der Waals surface area (Å²) in [5.74, 6) is -0.302. The Labute approximate surface area is 167 Å². The number of benzene rings is 2. The smallest absolute Gasteiger partial charge is 0.419 e. The molecule has 1 aliphatic heterocycles. The fourth-order valence-corrected chi connectivity index (χ4v) is 3.46. The molecule has 7 heteroatoms. The van der Waals surface area contributed by atoms with Gasteiger partial charge >= 0.3 is 6.09 Å². The number of hydrogen-bond acceptors (Lipinski definition) is 5. The second-order valence-corrected chi connectivity index (χ2v) is 7.78. The molecule has 0 aliphatic carbocycles. The summed E-state index contributed by atoms with van der Waals surface area (Å²) < 4.78 is 12.3. The Kier molecular flexibility index (Phi) is 4.19. The molecule has 1 aromatic heterocycles. The summed E-state index contributed by atoms with van der Waals surface area (Å²) >= 11 is 0. The van der Waals surface area contributed by atoms with Crippen LogP contribution in [0.4, 0.5) is 4.79 Å². The highest BCUT2D eigenvalue weighted by molar-refractivity contribution is 6.24. The van der Waals surface area contributed by atoms with Gasteiger partial charge in [0.25, 0.3) is 11.8 Å². The Morgan fingerprint density at radius 1 is 1.00 bits per heavy atom. The Morgan fingerprint density at radius 2 is 1.72 bits per heavy atom. The number of nitrogens with zero attached hydrogens (tertiary/aromatic N) is 1. The second kappa shape index (κ2) is 6.48. The van der Waals surface area contributed by atoms with Crippen LogP contribution in [0.25, 0.3) is 22.2 Å². The molecule has 0 atom stereocenters. The normalized spacial score (nSPS) is 13.4. The lowest BCUT2D eigenvalue weighted by Gasteiger charge is -2.21. The van der Waals surface area contributed by atoms with Crippen LogP contribution in [-0.4, -0.2) is 35.2 Å². The van der Waals surface area contributed by atoms with Crippen molar-refractivity contribution in [1.29, 1.82) is 0 Å². The maximum atomic E-state index is 13.1. The summed E-state index contributed by atoms with van der Waals surface area (Å²) in [6, 6.07) is 12.1. The first-order valence-electron chi connectivity index (χ1n) is 9.11. The highest BCUT2D eigenvalue weighted by Crippen LogP contribution is 2.35. The Bertz CT molecular complexity index is 1180. The number of nitrogens with one attached hydrogen (secondary N) is 1. The molecule has 0 radical (unpaired) electrons. The van der Waals surface area contributed by atoms with Crippen LogP contribution in [0.1, 0.15) is 41.5 Å². The second-order valence-electron chi connectivity index (χ2n) is 7.78. The van der Waals surface area contributed by atoms with E-state index in [1.54, 1.807) is 70.3 Å². The summed E-state index contributed by atoms with van der Waals surface area (Å²) in [7, 11) is 1.56. The van der Waals surface area contributed by atoms with Gasteiger partial charge in [0.05, 0.1) is 29.4 Å². The first-order chi connectivity index (χ1) is 13.7. The van der Waals surface area contributed by atoms with E-state index in [9.17, 15) is 14.4 Å². The maximum absolute atomic E-state index is 13.1. The van der Waals surface area contributed by atoms with Crippen molar-refractivity contribution in [1.82, 2.24) is 9.88 Å². The van der Waals surface area contributed by atoms with E-state index in [0.29, 0.717) is 22.5 Å². The van der Waals surface area contributed by atoms with Gasteiger partial charge in [0, 0.05) is 10.9 Å². The third-order valence-electron chi connectivity index (χ3n) is 4.62. The standard InChI is InChI=1S/C22H20N2O5/c1-22(2,3)29-21(27)24-16-9-8-13(28-4)10-12(16)11-17(24)14-6-5-7-15-18(14)20(26)23-19(15)25/h5-11H,1-4H3,(H,23,25,26). The number of carbonyl (C=O) groups excluding carboxylic acids is 3. The van der Waals surface area contributed by atoms with Crippen LogP contribution in [0.2, 0.25) is 0 Å². The van der Waals surface area contributed by atoms with Crippen LogP contribution >= 0.6 is 0 Å². The zero-order valence-electron chi connectivity index (χ0n) is 16.5. The van der Waals surface area contributed by atoms with Crippen molar-refractivity contribution in [3.05, 3.63) is 53.6 Å². The van der Waals surface area contributed by atoms with Gasteiger partial charge in [0.2, 0.25) is 0 Å². The molecule has 3 aromatic rings. The van der Waals surface area contributed by atoms with Crippen LogP contribution in [0.5, 0.6) is 5.75 Å². The van der Waals surface area contributed by atoms with Gasteiger partial charge in [-0.15, -0.1) is 0 Å². The zero-order valence-corrected chi connectivity index (χ0v) is 16.5. The number of carbonyl (C=O) groups is 3. The quantitative estimate of drug-likeness (QED) is 0.667. The van der Waals surface area contributed by atoms with Crippen LogP contribution in [0.3, 0.4) is 0 Å². The summed E-state index contributed by atoms with van der Waals surface area (Å²) in [4.78, 5) is 37.6. The summed E-state index contributed by atoms with van der Waals surface area (Å²) in [5.41, 5.74) is 1.38. The molecule has 29 heavy (non-hydrogen) atoms. The van der Waals surface area contributed by atoms with E-state index in [1.165, 1.54) is 4.57 Å². The lowest BCUT2D eigenvalue weighted by molar-refractivity contribution is 0.0546. The molecule has 0 saturated carbocycles. The molecule has 7 nitrogen and oxygen atoms in total. The van der Waals surface area contributed by atoms with Gasteiger partial charge in [-0.05, 0) is 51.1 Å². The average Bonchev–Trinajstić information content (AvgIpc) is 3.17. The summed E-state index contributed by atoms with van der Waals surface area (Å²) in [6.07, 6.45) is -0.574. The van der Waals surface area contributed by atoms with Crippen molar-refractivity contribution in [3.8, 4) is 17.0 Å². The molecule has 0 spiro atoms. The minimum Gasteiger partial charge on any atom is -0.497 e. The number of imide groups is 1. The van der Waals surface area contributed by atoms with Crippen molar-refractivity contribution in [3.63, 3.8) is 0 Å². The topological polar surface area (TPSA) is 86.6 Å². The van der Waals surface area contributed by atoms with Gasteiger partial charge < -0.3 is 9.47 Å². The number of rotatable bonds is 2. The van der Waals surface area contributed by atoms with E-state index < -0.39 is 23.5 Å². The first-order valence-corrected chi connectivity index (χ1v) is 9.11. The molecule has 0 saturated heterocycles. The molecule has 1 N–H and O–H groups in total. The molecular weight excluding hydrogens is 372 g/mol. The van der Waals surface area contributed by atoms with E-state index in [2.05, 4.69) is 5.32 Å². The highest BCUT2D eigenvalue weighted by atomic mass is 16.6. The largest absolute Gasteiger partial charge is 0.497 e. The number of aromatic nitrogens is 1. The fourth-order valence-electron chi connectivity index (χ4n) is 3.46. The van der Waals surface area contributed by atoms with E-state index in [-0.39, 0.29) is 11.1 Å². The van der Waals surface area contributed by atoms with Crippen LogP contribution in [-0.2, 0) is 4.74 Å². The predicted octanol–water partition coefficient (Wildman–Crippen LogP) is 3.98. The number of fused-ring (bicyclic) bond motifs is 2. The monoisotopic (exact) mass is 392 g/mol. The van der Waals surface area contributed by atoms with E-state index in [1.807, 2.05) is 0 Å². The molecule has 4 rings (SSSR count). The number of hydrogen-bond donors (Lipinski definition) is 1. The fraction of sp³-hybridized carbons (Fsp3) is 0.227. The van der Waals surface area contributed by atoms with Crippen LogP contribution < -0.4 is 10.1 Å². The number of ether oxygens (including phenoxy) is 2. The minimum atomic E-state index is -0.705. The Balaban J connectivity index is 2.00. The van der Waals surface area contributed by atoms with Gasteiger partial charge in [0.1, 0.15) is 11.4 Å². The number of amides is 2. The van der Waals surface area contributed by atoms with Crippen molar-refractivity contribution < 1.29 is 23.9 Å². The molecule has 0 bridgehead atoms. The van der Waals surface area contributed by atoms with Crippen molar-refractivity contribution in [2.24, 2.45) is 0 Å². The molecule has 0 fully saturated rings. The van der Waals surface area contributed by atoms with Crippen molar-refractivity contribution >= 4 is 28.8 Å². The predicted molar refractivity (Wildman–Crippen MR) is 107 cm³/mol. The average molecular weight is 392 g/mol. The Morgan fingerprint density at radius 3 is 2.41 bits per heavy atom. The maximum Gasteiger partial charge on any atom is 0.419 e. The summed E-state index contributed by atoms with van der Waals surface area (Å²) in [5, 5.41) is 3.05. The van der Waals surface area contributed by atoms with Gasteiger partial charge in [-0.2, -0.15) is 0 Å². The third-order valence-corrected chi connectivity index (χ3v) is 4.62. The zero-order chi connectivity index (χ0) is 20.9. The molecule has 2 heterocycles. The van der Waals surface area contributed by atoms with Crippen LogP contribution in [0, 0.1) is 0 Å². The van der Waals surface area contributed by atoms with Gasteiger partial charge in [-0.1, -0.05) is 12.1 Å². The van der Waals surface area contributed by atoms with E-state index >= 15 is 0 Å². The molecule has 2 aromatic carbocycles. The van der Waals surface area contributed by atoms with Gasteiger partial charge in [-0.25, -0.2) is 9.36 Å². The van der Waals surface area contributed by atoms with Crippen molar-refractivity contribution in [2.45, 2.75) is 26.4 Å². The molecule has 2 amide bonds. The summed E-state index contributed by atoms with van der Waals surface area (Å²) in [6.45, 7) is 5.35. The molecule has 148 valence electrons. The molecular formula is C22H20N2O5. The lowest BCUT2D eigenvalue weighted by atomic mass is 10.00. The van der Waals surface area contributed by atoms with Crippen LogP contribution in [0.15, 0.2) is 42.5 Å². The molecule has 0 unspecified atom stereocenters. The Hall–Kier alpha value is -3.61.